The Balaban J connectivity index is 1.98. The zero-order valence-electron chi connectivity index (χ0n) is 16.8. The van der Waals surface area contributed by atoms with E-state index in [0.29, 0.717) is 33.7 Å². The molecule has 9 nitrogen and oxygen atoms in total. The van der Waals surface area contributed by atoms with Crippen molar-refractivity contribution in [3.8, 4) is 0 Å². The third-order valence-electron chi connectivity index (χ3n) is 4.43. The van der Waals surface area contributed by atoms with Gasteiger partial charge in [0, 0.05) is 19.9 Å². The molecule has 1 aromatic heterocycles. The Labute approximate surface area is 183 Å². The molecule has 3 rings (SSSR count). The Hall–Kier alpha value is -2.38. The molecule has 0 bridgehead atoms. The molecule has 0 radical (unpaired) electrons. The van der Waals surface area contributed by atoms with E-state index in [1.54, 1.807) is 29.9 Å². The molecule has 1 amide bonds. The van der Waals surface area contributed by atoms with Crippen LogP contribution < -0.4 is 9.94 Å². The number of benzene rings is 2. The lowest BCUT2D eigenvalue weighted by molar-refractivity contribution is -0.117. The fourth-order valence-corrected chi connectivity index (χ4v) is 5.25. The molecule has 0 saturated carbocycles. The second-order valence-electron chi connectivity index (χ2n) is 6.80. The number of thiazole rings is 1. The predicted molar refractivity (Wildman–Crippen MR) is 117 cm³/mol. The summed E-state index contributed by atoms with van der Waals surface area (Å²) in [6.45, 7) is 0.789. The van der Waals surface area contributed by atoms with Gasteiger partial charge >= 0.3 is 0 Å². The average molecular weight is 484 g/mol. The Kier molecular flexibility index (Phi) is 6.76. The van der Waals surface area contributed by atoms with E-state index in [-0.39, 0.29) is 16.2 Å². The Morgan fingerprint density at radius 1 is 1.10 bits per heavy atom. The smallest absolute Gasteiger partial charge is 0.252 e. The van der Waals surface area contributed by atoms with Gasteiger partial charge in [-0.25, -0.2) is 22.0 Å². The molecule has 0 aliphatic heterocycles. The van der Waals surface area contributed by atoms with E-state index >= 15 is 0 Å². The number of sulfonamides is 1. The number of rotatable bonds is 7. The Morgan fingerprint density at radius 3 is 2.32 bits per heavy atom. The highest BCUT2D eigenvalue weighted by molar-refractivity contribution is 7.90. The maximum Gasteiger partial charge on any atom is 0.252 e. The maximum atomic E-state index is 12.6. The molecule has 1 heterocycles. The fraction of sp³-hybridized carbons (Fsp3) is 0.263. The van der Waals surface area contributed by atoms with Crippen LogP contribution >= 0.6 is 11.3 Å². The van der Waals surface area contributed by atoms with Crippen LogP contribution in [0.4, 0.5) is 0 Å². The number of amides is 1. The summed E-state index contributed by atoms with van der Waals surface area (Å²) in [7, 11) is -5.62. The topological polar surface area (TPSA) is 138 Å². The Bertz CT molecular complexity index is 1400. The number of methoxy groups -OCH3 is 1. The molecule has 0 fully saturated rings. The summed E-state index contributed by atoms with van der Waals surface area (Å²) >= 11 is 1.17. The van der Waals surface area contributed by atoms with Gasteiger partial charge in [0.05, 0.1) is 33.0 Å². The van der Waals surface area contributed by atoms with Crippen molar-refractivity contribution in [2.75, 3.05) is 20.0 Å². The summed E-state index contributed by atoms with van der Waals surface area (Å²) in [4.78, 5) is 17.3. The summed E-state index contributed by atoms with van der Waals surface area (Å²) in [5.74, 6) is -0.420. The first-order chi connectivity index (χ1) is 14.5. The highest BCUT2D eigenvalue weighted by Crippen LogP contribution is 2.21. The van der Waals surface area contributed by atoms with Gasteiger partial charge in [0.1, 0.15) is 0 Å². The van der Waals surface area contributed by atoms with Gasteiger partial charge in [0.25, 0.3) is 5.91 Å². The third-order valence-corrected chi connectivity index (χ3v) is 7.51. The van der Waals surface area contributed by atoms with E-state index in [4.69, 9.17) is 9.88 Å². The van der Waals surface area contributed by atoms with Crippen LogP contribution in [0.3, 0.4) is 0 Å². The predicted octanol–water partition coefficient (Wildman–Crippen LogP) is 1.07. The number of fused-ring (bicyclic) bond motifs is 1. The number of hydrogen-bond acceptors (Lipinski definition) is 7. The molecule has 0 unspecified atom stereocenters. The van der Waals surface area contributed by atoms with Gasteiger partial charge < -0.3 is 9.30 Å². The van der Waals surface area contributed by atoms with Crippen molar-refractivity contribution in [2.24, 2.45) is 10.1 Å². The highest BCUT2D eigenvalue weighted by Gasteiger charge is 2.14. The summed E-state index contributed by atoms with van der Waals surface area (Å²) < 4.78 is 53.9. The maximum absolute atomic E-state index is 12.6. The van der Waals surface area contributed by atoms with Crippen molar-refractivity contribution >= 4 is 47.3 Å². The molecular weight excluding hydrogens is 462 g/mol. The zero-order valence-corrected chi connectivity index (χ0v) is 19.3. The molecule has 0 spiro atoms. The van der Waals surface area contributed by atoms with Crippen LogP contribution in [-0.4, -0.2) is 47.3 Å². The van der Waals surface area contributed by atoms with Gasteiger partial charge in [-0.3, -0.25) is 4.79 Å². The summed E-state index contributed by atoms with van der Waals surface area (Å²) in [5.41, 5.74) is 1.33. The van der Waals surface area contributed by atoms with Crippen LogP contribution in [0.15, 0.2) is 57.2 Å². The molecule has 2 N–H and O–H groups in total. The second kappa shape index (κ2) is 9.01. The van der Waals surface area contributed by atoms with Gasteiger partial charge in [-0.2, -0.15) is 4.99 Å². The van der Waals surface area contributed by atoms with Crippen LogP contribution in [0.1, 0.15) is 5.56 Å². The molecule has 166 valence electrons. The summed E-state index contributed by atoms with van der Waals surface area (Å²) in [6.07, 6.45) is 1.11. The van der Waals surface area contributed by atoms with Crippen LogP contribution in [0.5, 0.6) is 0 Å². The molecule has 3 aromatic rings. The average Bonchev–Trinajstić information content (AvgIpc) is 3.01. The first-order valence-electron chi connectivity index (χ1n) is 9.01. The van der Waals surface area contributed by atoms with E-state index < -0.39 is 25.8 Å². The lowest BCUT2D eigenvalue weighted by atomic mass is 10.1. The molecular formula is C19H21N3O6S3. The van der Waals surface area contributed by atoms with Crippen molar-refractivity contribution in [1.29, 1.82) is 0 Å². The summed E-state index contributed by atoms with van der Waals surface area (Å²) in [5, 5.41) is 5.21. The number of primary sulfonamides is 1. The number of nitrogens with two attached hydrogens (primary N) is 1. The monoisotopic (exact) mass is 483 g/mol. The van der Waals surface area contributed by atoms with Gasteiger partial charge in [-0.05, 0) is 35.9 Å². The molecule has 31 heavy (non-hydrogen) atoms. The largest absolute Gasteiger partial charge is 0.383 e. The van der Waals surface area contributed by atoms with E-state index in [0.717, 1.165) is 6.26 Å². The van der Waals surface area contributed by atoms with Crippen molar-refractivity contribution in [1.82, 2.24) is 4.57 Å². The molecule has 12 heteroatoms. The van der Waals surface area contributed by atoms with Crippen LogP contribution in [0.2, 0.25) is 0 Å². The molecule has 0 atom stereocenters. The van der Waals surface area contributed by atoms with Gasteiger partial charge in [0.15, 0.2) is 14.6 Å². The second-order valence-corrected chi connectivity index (χ2v) is 11.4. The van der Waals surface area contributed by atoms with Gasteiger partial charge in [0.2, 0.25) is 10.0 Å². The number of hydrogen-bond donors (Lipinski definition) is 1. The van der Waals surface area contributed by atoms with Gasteiger partial charge in [-0.15, -0.1) is 0 Å². The molecule has 2 aromatic carbocycles. The zero-order chi connectivity index (χ0) is 22.8. The van der Waals surface area contributed by atoms with Crippen LogP contribution in [0.25, 0.3) is 10.2 Å². The number of sulfone groups is 1. The lowest BCUT2D eigenvalue weighted by Crippen LogP contribution is -2.19. The van der Waals surface area contributed by atoms with Crippen molar-refractivity contribution in [3.05, 3.63) is 52.8 Å². The number of ether oxygens (including phenoxy) is 1. The van der Waals surface area contributed by atoms with E-state index in [1.165, 1.54) is 35.6 Å². The minimum Gasteiger partial charge on any atom is -0.383 e. The SMILES string of the molecule is COCCn1c(=NC(=O)Cc2ccc(S(C)(=O)=O)cc2)sc2cc(S(N)(=O)=O)ccc21. The first kappa shape index (κ1) is 23.3. The van der Waals surface area contributed by atoms with E-state index in [2.05, 4.69) is 4.99 Å². The first-order valence-corrected chi connectivity index (χ1v) is 13.3. The number of carbonyl (C=O) groups excluding carboxylic acids is 1. The lowest BCUT2D eigenvalue weighted by Gasteiger charge is -2.05. The molecule has 0 aliphatic rings. The quantitative estimate of drug-likeness (QED) is 0.533. The number of aromatic nitrogens is 1. The summed E-state index contributed by atoms with van der Waals surface area (Å²) in [6, 6.07) is 10.5. The fourth-order valence-electron chi connectivity index (χ4n) is 2.89. The highest BCUT2D eigenvalue weighted by atomic mass is 32.2. The minimum atomic E-state index is -3.86. The van der Waals surface area contributed by atoms with Crippen molar-refractivity contribution in [2.45, 2.75) is 22.8 Å². The number of carbonyl (C=O) groups is 1. The van der Waals surface area contributed by atoms with Crippen LogP contribution in [0, 0.1) is 0 Å². The van der Waals surface area contributed by atoms with Crippen molar-refractivity contribution in [3.63, 3.8) is 0 Å². The normalized spacial score (nSPS) is 13.1. The molecule has 0 aliphatic carbocycles. The minimum absolute atomic E-state index is 0.00893. The third kappa shape index (κ3) is 5.66. The van der Waals surface area contributed by atoms with E-state index in [9.17, 15) is 21.6 Å². The van der Waals surface area contributed by atoms with Crippen LogP contribution in [-0.2, 0) is 42.4 Å². The number of nitrogens with zero attached hydrogens (tertiary/aromatic N) is 2. The standard InChI is InChI=1S/C19H21N3O6S3/c1-28-10-9-22-16-8-7-15(31(20,26)27)12-17(16)29-19(22)21-18(23)11-13-3-5-14(6-4-13)30(2,24)25/h3-8,12H,9-11H2,1-2H3,(H2,20,26,27). The Morgan fingerprint density at radius 2 is 1.74 bits per heavy atom. The van der Waals surface area contributed by atoms with E-state index in [1.807, 2.05) is 0 Å². The van der Waals surface area contributed by atoms with Crippen molar-refractivity contribution < 1.29 is 26.4 Å². The molecule has 0 saturated heterocycles. The van der Waals surface area contributed by atoms with Gasteiger partial charge in [-0.1, -0.05) is 23.5 Å².